The van der Waals surface area contributed by atoms with Crippen molar-refractivity contribution in [3.05, 3.63) is 23.6 Å². The lowest BCUT2D eigenvalue weighted by Crippen LogP contribution is -1.99. The molecule has 0 fully saturated rings. The van der Waals surface area contributed by atoms with Crippen molar-refractivity contribution in [1.82, 2.24) is 0 Å². The molecule has 0 spiro atoms. The second kappa shape index (κ2) is 7.44. The van der Waals surface area contributed by atoms with E-state index < -0.39 is 0 Å². The van der Waals surface area contributed by atoms with Crippen LogP contribution in [-0.4, -0.2) is 17.9 Å². The molecule has 3 heteroatoms. The smallest absolute Gasteiger partial charge is 0.169 e. The summed E-state index contributed by atoms with van der Waals surface area (Å²) in [6.45, 7) is 3.54. The molecule has 0 amide bonds. The molecule has 0 rings (SSSR count). The third-order valence-electron chi connectivity index (χ3n) is 1.30. The summed E-state index contributed by atoms with van der Waals surface area (Å²) >= 11 is 6.92. The first-order valence-electron chi connectivity index (χ1n) is 3.72. The van der Waals surface area contributed by atoms with Gasteiger partial charge in [-0.3, -0.25) is 4.79 Å². The maximum absolute atomic E-state index is 11.3. The van der Waals surface area contributed by atoms with Gasteiger partial charge in [0.05, 0.1) is 4.91 Å². The van der Waals surface area contributed by atoms with Gasteiger partial charge in [0.2, 0.25) is 0 Å². The first-order chi connectivity index (χ1) is 5.76. The van der Waals surface area contributed by atoms with E-state index in [2.05, 4.69) is 6.58 Å². The molecule has 0 heterocycles. The van der Waals surface area contributed by atoms with Gasteiger partial charge in [0.15, 0.2) is 5.78 Å². The molecule has 12 heavy (non-hydrogen) atoms. The summed E-state index contributed by atoms with van der Waals surface area (Å²) in [6.07, 6.45) is 6.53. The van der Waals surface area contributed by atoms with E-state index in [1.165, 1.54) is 11.8 Å². The van der Waals surface area contributed by atoms with Crippen molar-refractivity contribution in [1.29, 1.82) is 0 Å². The highest BCUT2D eigenvalue weighted by atomic mass is 35.5. The highest BCUT2D eigenvalue weighted by Crippen LogP contribution is 2.15. The second-order valence-electron chi connectivity index (χ2n) is 2.19. The van der Waals surface area contributed by atoms with E-state index in [4.69, 9.17) is 11.6 Å². The van der Waals surface area contributed by atoms with E-state index in [9.17, 15) is 4.79 Å². The molecule has 0 aromatic carbocycles. The van der Waals surface area contributed by atoms with Gasteiger partial charge >= 0.3 is 0 Å². The molecule has 0 N–H and O–H groups in total. The topological polar surface area (TPSA) is 17.1 Å². The Labute approximate surface area is 82.9 Å². The van der Waals surface area contributed by atoms with Crippen LogP contribution in [0.25, 0.3) is 0 Å². The second-order valence-corrected chi connectivity index (χ2v) is 3.41. The number of hydrogen-bond acceptors (Lipinski definition) is 2. The Bertz CT molecular complexity index is 187. The van der Waals surface area contributed by atoms with Crippen LogP contribution < -0.4 is 0 Å². The molecule has 0 unspecified atom stereocenters. The Kier molecular flexibility index (Phi) is 7.31. The van der Waals surface area contributed by atoms with Crippen LogP contribution in [0.4, 0.5) is 0 Å². The zero-order valence-corrected chi connectivity index (χ0v) is 8.75. The van der Waals surface area contributed by atoms with Crippen molar-refractivity contribution >= 4 is 29.1 Å². The third-order valence-corrected chi connectivity index (χ3v) is 2.37. The van der Waals surface area contributed by atoms with Crippen molar-refractivity contribution in [2.45, 2.75) is 12.8 Å². The summed E-state index contributed by atoms with van der Waals surface area (Å²) < 4.78 is 0. The van der Waals surface area contributed by atoms with Crippen molar-refractivity contribution in [3.63, 3.8) is 0 Å². The average molecular weight is 205 g/mol. The summed E-state index contributed by atoms with van der Waals surface area (Å²) in [5, 5.41) is 0. The standard InChI is InChI=1S/C9H13ClOS/c1-3-5-9(12-2)8(11)6-4-7-10/h3,5H,1,4,6-7H2,2H3/b9-5-. The van der Waals surface area contributed by atoms with Gasteiger partial charge in [-0.1, -0.05) is 12.7 Å². The maximum Gasteiger partial charge on any atom is 0.169 e. The molecule has 0 aromatic heterocycles. The summed E-state index contributed by atoms with van der Waals surface area (Å²) in [5.74, 6) is 0.699. The normalized spacial score (nSPS) is 11.3. The van der Waals surface area contributed by atoms with Crippen LogP contribution in [0.3, 0.4) is 0 Å². The van der Waals surface area contributed by atoms with Gasteiger partial charge in [-0.05, 0) is 18.8 Å². The lowest BCUT2D eigenvalue weighted by Gasteiger charge is -1.99. The summed E-state index contributed by atoms with van der Waals surface area (Å²) in [4.78, 5) is 12.1. The predicted octanol–water partition coefficient (Wildman–Crippen LogP) is 3.01. The fraction of sp³-hybridized carbons (Fsp3) is 0.444. The Morgan fingerprint density at radius 1 is 1.67 bits per heavy atom. The number of Topliss-reactive ketones (excluding diaryl/α,β-unsaturated/α-hetero) is 1. The van der Waals surface area contributed by atoms with E-state index in [1.54, 1.807) is 12.2 Å². The molecular formula is C9H13ClOS. The number of carbonyl (C=O) groups is 1. The number of ketones is 1. The number of allylic oxidation sites excluding steroid dienone is 3. The summed E-state index contributed by atoms with van der Waals surface area (Å²) in [5.41, 5.74) is 0. The molecule has 68 valence electrons. The van der Waals surface area contributed by atoms with Crippen molar-refractivity contribution < 1.29 is 4.79 Å². The molecule has 0 atom stereocenters. The molecule has 0 radical (unpaired) electrons. The zero-order valence-electron chi connectivity index (χ0n) is 7.18. The average Bonchev–Trinajstić information content (AvgIpc) is 2.10. The lowest BCUT2D eigenvalue weighted by atomic mass is 10.2. The zero-order chi connectivity index (χ0) is 9.40. The fourth-order valence-corrected chi connectivity index (χ4v) is 1.43. The van der Waals surface area contributed by atoms with Gasteiger partial charge < -0.3 is 0 Å². The molecular weight excluding hydrogens is 192 g/mol. The fourth-order valence-electron chi connectivity index (χ4n) is 0.732. The molecule has 0 bridgehead atoms. The number of carbonyl (C=O) groups excluding carboxylic acids is 1. The quantitative estimate of drug-likeness (QED) is 0.376. The molecule has 0 saturated heterocycles. The minimum atomic E-state index is 0.156. The Balaban J connectivity index is 4.03. The number of alkyl halides is 1. The van der Waals surface area contributed by atoms with Crippen molar-refractivity contribution in [2.75, 3.05) is 12.1 Å². The number of thioether (sulfide) groups is 1. The van der Waals surface area contributed by atoms with E-state index in [0.29, 0.717) is 12.3 Å². The minimum Gasteiger partial charge on any atom is -0.294 e. The van der Waals surface area contributed by atoms with Crippen molar-refractivity contribution in [2.24, 2.45) is 0 Å². The van der Waals surface area contributed by atoms with Crippen LogP contribution in [0.15, 0.2) is 23.6 Å². The van der Waals surface area contributed by atoms with Gasteiger partial charge in [0.1, 0.15) is 0 Å². The summed E-state index contributed by atoms with van der Waals surface area (Å²) in [7, 11) is 0. The van der Waals surface area contributed by atoms with Crippen LogP contribution >= 0.6 is 23.4 Å². The highest BCUT2D eigenvalue weighted by molar-refractivity contribution is 8.03. The van der Waals surface area contributed by atoms with Crippen molar-refractivity contribution in [3.8, 4) is 0 Å². The molecule has 1 nitrogen and oxygen atoms in total. The predicted molar refractivity (Wildman–Crippen MR) is 56.8 cm³/mol. The van der Waals surface area contributed by atoms with Crippen LogP contribution in [0.1, 0.15) is 12.8 Å². The first kappa shape index (κ1) is 11.8. The van der Waals surface area contributed by atoms with E-state index in [0.717, 1.165) is 11.3 Å². The largest absolute Gasteiger partial charge is 0.294 e. The van der Waals surface area contributed by atoms with E-state index in [1.807, 2.05) is 6.26 Å². The molecule has 0 aliphatic carbocycles. The lowest BCUT2D eigenvalue weighted by molar-refractivity contribution is -0.114. The maximum atomic E-state index is 11.3. The number of rotatable bonds is 6. The highest BCUT2D eigenvalue weighted by Gasteiger charge is 2.05. The van der Waals surface area contributed by atoms with Gasteiger partial charge in [0.25, 0.3) is 0 Å². The van der Waals surface area contributed by atoms with Gasteiger partial charge in [-0.15, -0.1) is 23.4 Å². The van der Waals surface area contributed by atoms with Gasteiger partial charge in [-0.2, -0.15) is 0 Å². The minimum absolute atomic E-state index is 0.156. The van der Waals surface area contributed by atoms with Crippen LogP contribution in [0.5, 0.6) is 0 Å². The van der Waals surface area contributed by atoms with Crippen LogP contribution in [-0.2, 0) is 4.79 Å². The Hall–Kier alpha value is -0.210. The number of hydrogen-bond donors (Lipinski definition) is 0. The van der Waals surface area contributed by atoms with E-state index in [-0.39, 0.29) is 5.78 Å². The SMILES string of the molecule is C=C/C=C(\SC)C(=O)CCCCl. The Morgan fingerprint density at radius 3 is 2.75 bits per heavy atom. The molecule has 0 saturated carbocycles. The van der Waals surface area contributed by atoms with Crippen LogP contribution in [0.2, 0.25) is 0 Å². The van der Waals surface area contributed by atoms with Gasteiger partial charge in [-0.25, -0.2) is 0 Å². The van der Waals surface area contributed by atoms with Gasteiger partial charge in [0, 0.05) is 12.3 Å². The number of halogens is 1. The molecule has 0 aliphatic heterocycles. The first-order valence-corrected chi connectivity index (χ1v) is 5.48. The van der Waals surface area contributed by atoms with Crippen LogP contribution in [0, 0.1) is 0 Å². The van der Waals surface area contributed by atoms with E-state index >= 15 is 0 Å². The molecule has 0 aromatic rings. The molecule has 0 aliphatic rings. The Morgan fingerprint density at radius 2 is 2.33 bits per heavy atom. The monoisotopic (exact) mass is 204 g/mol. The third kappa shape index (κ3) is 4.62. The summed E-state index contributed by atoms with van der Waals surface area (Å²) in [6, 6.07) is 0.